The van der Waals surface area contributed by atoms with Gasteiger partial charge in [-0.3, -0.25) is 0 Å². The van der Waals surface area contributed by atoms with Crippen LogP contribution in [0.15, 0.2) is 58.1 Å². The fraction of sp³-hybridized carbons (Fsp3) is 0.286. The number of ether oxygens (including phenoxy) is 1. The zero-order valence-electron chi connectivity index (χ0n) is 16.5. The number of thiophene rings is 1. The van der Waals surface area contributed by atoms with Crippen molar-refractivity contribution in [2.75, 3.05) is 7.11 Å². The molecular weight excluding hydrogens is 406 g/mol. The van der Waals surface area contributed by atoms with Gasteiger partial charge in [-0.05, 0) is 56.0 Å². The van der Waals surface area contributed by atoms with Gasteiger partial charge in [-0.2, -0.15) is 5.10 Å². The van der Waals surface area contributed by atoms with E-state index in [1.807, 2.05) is 41.9 Å². The predicted octanol–water partition coefficient (Wildman–Crippen LogP) is 3.95. The Balaban J connectivity index is 1.54. The van der Waals surface area contributed by atoms with Gasteiger partial charge in [0.1, 0.15) is 9.96 Å². The van der Waals surface area contributed by atoms with Crippen molar-refractivity contribution < 1.29 is 13.2 Å². The predicted molar refractivity (Wildman–Crippen MR) is 115 cm³/mol. The highest BCUT2D eigenvalue weighted by Crippen LogP contribution is 2.34. The molecule has 1 N–H and O–H groups in total. The summed E-state index contributed by atoms with van der Waals surface area (Å²) >= 11 is 1.22. The van der Waals surface area contributed by atoms with Crippen LogP contribution in [-0.2, 0) is 10.0 Å². The molecule has 0 fully saturated rings. The molecule has 0 aliphatic heterocycles. The summed E-state index contributed by atoms with van der Waals surface area (Å²) < 4.78 is 35.3. The second-order valence-electron chi connectivity index (χ2n) is 7.08. The average molecular weight is 430 g/mol. The molecule has 0 saturated carbocycles. The number of allylic oxidation sites excluding steroid dienone is 1. The van der Waals surface area contributed by atoms with Crippen molar-refractivity contribution in [1.82, 2.24) is 14.5 Å². The Morgan fingerprint density at radius 3 is 2.59 bits per heavy atom. The summed E-state index contributed by atoms with van der Waals surface area (Å²) in [6.45, 7) is 4.05. The van der Waals surface area contributed by atoms with Crippen molar-refractivity contribution in [2.24, 2.45) is 0 Å². The average Bonchev–Trinajstić information content (AvgIpc) is 3.43. The summed E-state index contributed by atoms with van der Waals surface area (Å²) in [4.78, 5) is 0. The van der Waals surface area contributed by atoms with Crippen molar-refractivity contribution in [3.63, 3.8) is 0 Å². The van der Waals surface area contributed by atoms with E-state index in [2.05, 4.69) is 17.7 Å². The number of nitrogens with zero attached hydrogens (tertiary/aromatic N) is 2. The Kier molecular flexibility index (Phi) is 5.33. The van der Waals surface area contributed by atoms with Gasteiger partial charge in [-0.25, -0.2) is 17.8 Å². The molecule has 1 aliphatic carbocycles. The quantitative estimate of drug-likeness (QED) is 0.602. The lowest BCUT2D eigenvalue weighted by Gasteiger charge is -2.14. The minimum atomic E-state index is -3.49. The van der Waals surface area contributed by atoms with Gasteiger partial charge in [0.05, 0.1) is 18.5 Å². The highest BCUT2D eigenvalue weighted by molar-refractivity contribution is 7.91. The van der Waals surface area contributed by atoms with Gasteiger partial charge in [0.15, 0.2) is 0 Å². The second kappa shape index (κ2) is 7.78. The van der Waals surface area contributed by atoms with Gasteiger partial charge >= 0.3 is 0 Å². The third-order valence-corrected chi connectivity index (χ3v) is 8.07. The van der Waals surface area contributed by atoms with E-state index in [0.717, 1.165) is 28.4 Å². The van der Waals surface area contributed by atoms with E-state index < -0.39 is 10.0 Å². The van der Waals surface area contributed by atoms with Crippen LogP contribution in [-0.4, -0.2) is 31.3 Å². The molecule has 6 nitrogen and oxygen atoms in total. The number of benzene rings is 1. The lowest BCUT2D eigenvalue weighted by molar-refractivity contribution is 0.414. The molecule has 152 valence electrons. The standard InChI is InChI=1S/C21H23N3O3S2/c1-14-21(15(2)24(22-14)18-8-10-19(27-3)11-9-18)16-6-7-17(13-16)23-29(25,26)20-5-4-12-28-20/h4-12,16-17,23H,13H2,1-3H3. The maximum Gasteiger partial charge on any atom is 0.250 e. The highest BCUT2D eigenvalue weighted by Gasteiger charge is 2.29. The largest absolute Gasteiger partial charge is 0.497 e. The summed E-state index contributed by atoms with van der Waals surface area (Å²) in [6, 6.07) is 10.9. The topological polar surface area (TPSA) is 73.2 Å². The maximum atomic E-state index is 12.5. The Labute approximate surface area is 174 Å². The smallest absolute Gasteiger partial charge is 0.250 e. The molecule has 8 heteroatoms. The monoisotopic (exact) mass is 429 g/mol. The van der Waals surface area contributed by atoms with Crippen LogP contribution in [0, 0.1) is 13.8 Å². The number of methoxy groups -OCH3 is 1. The molecule has 0 spiro atoms. The molecule has 0 amide bonds. The van der Waals surface area contributed by atoms with E-state index >= 15 is 0 Å². The van der Waals surface area contributed by atoms with Crippen molar-refractivity contribution in [3.8, 4) is 11.4 Å². The lowest BCUT2D eigenvalue weighted by atomic mass is 9.96. The normalized spacial score (nSPS) is 19.0. The molecule has 2 atom stereocenters. The summed E-state index contributed by atoms with van der Waals surface area (Å²) in [6.07, 6.45) is 4.71. The van der Waals surface area contributed by atoms with Crippen LogP contribution < -0.4 is 9.46 Å². The molecule has 2 aromatic heterocycles. The number of aryl methyl sites for hydroxylation is 1. The first-order chi connectivity index (χ1) is 13.9. The first-order valence-corrected chi connectivity index (χ1v) is 11.7. The minimum absolute atomic E-state index is 0.123. The third-order valence-electron chi connectivity index (χ3n) is 5.19. The molecule has 1 aliphatic rings. The van der Waals surface area contributed by atoms with Crippen LogP contribution in [0.1, 0.15) is 29.3 Å². The number of nitrogens with one attached hydrogen (secondary N) is 1. The van der Waals surface area contributed by atoms with Crippen molar-refractivity contribution in [1.29, 1.82) is 0 Å². The van der Waals surface area contributed by atoms with Gasteiger partial charge in [0, 0.05) is 23.2 Å². The van der Waals surface area contributed by atoms with Crippen molar-refractivity contribution in [2.45, 2.75) is 36.4 Å². The van der Waals surface area contributed by atoms with E-state index in [1.54, 1.807) is 24.6 Å². The van der Waals surface area contributed by atoms with E-state index in [4.69, 9.17) is 9.84 Å². The van der Waals surface area contributed by atoms with Gasteiger partial charge in [0.2, 0.25) is 0 Å². The number of rotatable bonds is 6. The molecule has 0 radical (unpaired) electrons. The Bertz CT molecular complexity index is 1130. The van der Waals surface area contributed by atoms with Crippen LogP contribution in [0.4, 0.5) is 0 Å². The molecule has 0 saturated heterocycles. The number of aromatic nitrogens is 2. The summed E-state index contributed by atoms with van der Waals surface area (Å²) in [5, 5.41) is 6.49. The maximum absolute atomic E-state index is 12.5. The molecule has 1 aromatic carbocycles. The van der Waals surface area contributed by atoms with E-state index in [1.165, 1.54) is 11.3 Å². The zero-order valence-corrected chi connectivity index (χ0v) is 18.1. The number of sulfonamides is 1. The summed E-state index contributed by atoms with van der Waals surface area (Å²) in [5.41, 5.74) is 4.13. The Hall–Kier alpha value is -2.42. The molecule has 2 unspecified atom stereocenters. The summed E-state index contributed by atoms with van der Waals surface area (Å²) in [5.74, 6) is 0.924. The molecular formula is C21H23N3O3S2. The molecule has 0 bridgehead atoms. The number of hydrogen-bond acceptors (Lipinski definition) is 5. The SMILES string of the molecule is COc1ccc(-n2nc(C)c(C3C=CC(NS(=O)(=O)c4cccs4)C3)c2C)cc1. The van der Waals surface area contributed by atoms with Gasteiger partial charge < -0.3 is 4.74 Å². The Morgan fingerprint density at radius 2 is 1.93 bits per heavy atom. The van der Waals surface area contributed by atoms with Crippen LogP contribution in [0.25, 0.3) is 5.69 Å². The van der Waals surface area contributed by atoms with Crippen LogP contribution in [0.3, 0.4) is 0 Å². The summed E-state index contributed by atoms with van der Waals surface area (Å²) in [7, 11) is -1.84. The van der Waals surface area contributed by atoms with E-state index in [-0.39, 0.29) is 12.0 Å². The molecule has 3 aromatic rings. The third kappa shape index (κ3) is 3.88. The van der Waals surface area contributed by atoms with E-state index in [9.17, 15) is 8.42 Å². The first kappa shape index (κ1) is 19.9. The number of hydrogen-bond donors (Lipinski definition) is 1. The van der Waals surface area contributed by atoms with Gasteiger partial charge in [0.25, 0.3) is 10.0 Å². The van der Waals surface area contributed by atoms with Gasteiger partial charge in [-0.1, -0.05) is 18.2 Å². The molecule has 2 heterocycles. The molecule has 29 heavy (non-hydrogen) atoms. The van der Waals surface area contributed by atoms with Crippen LogP contribution in [0.5, 0.6) is 5.75 Å². The van der Waals surface area contributed by atoms with Crippen molar-refractivity contribution >= 4 is 21.4 Å². The van der Waals surface area contributed by atoms with E-state index in [0.29, 0.717) is 10.6 Å². The lowest BCUT2D eigenvalue weighted by Crippen LogP contribution is -2.32. The highest BCUT2D eigenvalue weighted by atomic mass is 32.2. The zero-order chi connectivity index (χ0) is 20.6. The van der Waals surface area contributed by atoms with Crippen LogP contribution >= 0.6 is 11.3 Å². The first-order valence-electron chi connectivity index (χ1n) is 9.34. The minimum Gasteiger partial charge on any atom is -0.497 e. The van der Waals surface area contributed by atoms with Crippen LogP contribution in [0.2, 0.25) is 0 Å². The Morgan fingerprint density at radius 1 is 1.17 bits per heavy atom. The fourth-order valence-corrected chi connectivity index (χ4v) is 6.05. The fourth-order valence-electron chi connectivity index (χ4n) is 3.84. The second-order valence-corrected chi connectivity index (χ2v) is 9.97. The molecule has 4 rings (SSSR count). The van der Waals surface area contributed by atoms with Gasteiger partial charge in [-0.15, -0.1) is 11.3 Å². The van der Waals surface area contributed by atoms with Crippen molar-refractivity contribution in [3.05, 3.63) is 70.9 Å².